The average molecular weight is 342 g/mol. The fraction of sp³-hybridized carbons (Fsp3) is 0.474. The fourth-order valence-electron chi connectivity index (χ4n) is 4.47. The highest BCUT2D eigenvalue weighted by Crippen LogP contribution is 2.51. The predicted octanol–water partition coefficient (Wildman–Crippen LogP) is 2.08. The number of nitrogens with two attached hydrogens (primary N) is 1. The normalized spacial score (nSPS) is 25.6. The molecule has 132 valence electrons. The van der Waals surface area contributed by atoms with E-state index >= 15 is 0 Å². The summed E-state index contributed by atoms with van der Waals surface area (Å²) < 4.78 is 13.1. The van der Waals surface area contributed by atoms with E-state index in [1.165, 1.54) is 12.0 Å². The summed E-state index contributed by atoms with van der Waals surface area (Å²) in [5, 5.41) is 0. The second kappa shape index (κ2) is 6.26. The number of nitrogen functional groups attached to an aromatic ring is 1. The second-order valence-electron chi connectivity index (χ2n) is 7.34. The molecule has 1 saturated carbocycles. The summed E-state index contributed by atoms with van der Waals surface area (Å²) in [5.41, 5.74) is 8.13. The molecule has 2 aliphatic rings. The van der Waals surface area contributed by atoms with Crippen molar-refractivity contribution in [1.82, 2.24) is 14.9 Å². The van der Waals surface area contributed by atoms with Gasteiger partial charge in [-0.3, -0.25) is 9.78 Å². The van der Waals surface area contributed by atoms with Gasteiger partial charge in [0.25, 0.3) is 5.56 Å². The highest BCUT2D eigenvalue weighted by Gasteiger charge is 2.47. The van der Waals surface area contributed by atoms with Gasteiger partial charge in [-0.2, -0.15) is 0 Å². The van der Waals surface area contributed by atoms with Crippen molar-refractivity contribution in [3.8, 4) is 0 Å². The third kappa shape index (κ3) is 3.06. The van der Waals surface area contributed by atoms with Crippen LogP contribution in [-0.2, 0) is 6.42 Å². The molecule has 0 amide bonds. The molecular formula is C19H23FN4O. The van der Waals surface area contributed by atoms with Crippen molar-refractivity contribution in [2.75, 3.05) is 25.4 Å². The van der Waals surface area contributed by atoms with Crippen LogP contribution in [-0.4, -0.2) is 34.5 Å². The number of rotatable bonds is 4. The summed E-state index contributed by atoms with van der Waals surface area (Å²) in [6.45, 7) is 4.83. The van der Waals surface area contributed by atoms with Gasteiger partial charge in [-0.1, -0.05) is 12.1 Å². The Morgan fingerprint density at radius 3 is 2.80 bits per heavy atom. The number of hydrogen-bond acceptors (Lipinski definition) is 4. The molecule has 2 heterocycles. The molecule has 3 unspecified atom stereocenters. The first-order valence-corrected chi connectivity index (χ1v) is 8.84. The number of likely N-dealkylation sites (tertiary alicyclic amines) is 1. The monoisotopic (exact) mass is 342 g/mol. The minimum Gasteiger partial charge on any atom is -0.369 e. The van der Waals surface area contributed by atoms with E-state index in [0.717, 1.165) is 31.1 Å². The van der Waals surface area contributed by atoms with Crippen molar-refractivity contribution < 1.29 is 4.39 Å². The van der Waals surface area contributed by atoms with Gasteiger partial charge in [0.15, 0.2) is 0 Å². The van der Waals surface area contributed by atoms with Gasteiger partial charge in [0.2, 0.25) is 5.95 Å². The molecule has 3 N–H and O–H groups in total. The number of aromatic nitrogens is 2. The lowest BCUT2D eigenvalue weighted by atomic mass is 9.64. The Labute approximate surface area is 146 Å². The molecule has 1 aliphatic heterocycles. The Hall–Kier alpha value is -2.21. The van der Waals surface area contributed by atoms with Crippen LogP contribution in [0.5, 0.6) is 0 Å². The molecule has 2 fully saturated rings. The quantitative estimate of drug-likeness (QED) is 0.892. The first-order chi connectivity index (χ1) is 12.0. The molecule has 6 heteroatoms. The van der Waals surface area contributed by atoms with Gasteiger partial charge in [-0.05, 0) is 55.2 Å². The van der Waals surface area contributed by atoms with Crippen LogP contribution in [0.25, 0.3) is 0 Å². The van der Waals surface area contributed by atoms with Crippen LogP contribution in [0.1, 0.15) is 29.2 Å². The van der Waals surface area contributed by atoms with Gasteiger partial charge in [0.1, 0.15) is 5.82 Å². The van der Waals surface area contributed by atoms with E-state index in [9.17, 15) is 9.18 Å². The van der Waals surface area contributed by atoms with Crippen molar-refractivity contribution in [3.63, 3.8) is 0 Å². The van der Waals surface area contributed by atoms with Crippen LogP contribution in [0.4, 0.5) is 10.3 Å². The predicted molar refractivity (Wildman–Crippen MR) is 94.9 cm³/mol. The molecule has 1 aliphatic carbocycles. The van der Waals surface area contributed by atoms with E-state index in [2.05, 4.69) is 14.9 Å². The van der Waals surface area contributed by atoms with Crippen LogP contribution >= 0.6 is 0 Å². The number of fused-ring (bicyclic) bond motifs is 1. The van der Waals surface area contributed by atoms with Crippen molar-refractivity contribution in [2.24, 2.45) is 11.8 Å². The zero-order chi connectivity index (χ0) is 17.6. The van der Waals surface area contributed by atoms with Gasteiger partial charge in [0, 0.05) is 30.9 Å². The molecule has 4 rings (SSSR count). The first-order valence-electron chi connectivity index (χ1n) is 8.84. The lowest BCUT2D eigenvalue weighted by molar-refractivity contribution is 0.191. The van der Waals surface area contributed by atoms with Crippen molar-refractivity contribution >= 4 is 5.95 Å². The first kappa shape index (κ1) is 16.3. The third-order valence-electron chi connectivity index (χ3n) is 5.86. The number of aromatic amines is 1. The summed E-state index contributed by atoms with van der Waals surface area (Å²) in [6.07, 6.45) is 1.87. The van der Waals surface area contributed by atoms with Gasteiger partial charge in [0.05, 0.1) is 0 Å². The summed E-state index contributed by atoms with van der Waals surface area (Å²) in [6, 6.07) is 6.95. The maximum absolute atomic E-state index is 13.1. The van der Waals surface area contributed by atoms with Crippen LogP contribution < -0.4 is 11.3 Å². The molecule has 0 spiro atoms. The Kier molecular flexibility index (Phi) is 4.07. The number of nitrogens with one attached hydrogen (secondary N) is 1. The molecule has 5 nitrogen and oxygen atoms in total. The van der Waals surface area contributed by atoms with Crippen LogP contribution in [0.15, 0.2) is 29.1 Å². The zero-order valence-corrected chi connectivity index (χ0v) is 14.3. The number of benzene rings is 1. The molecule has 0 radical (unpaired) electrons. The molecule has 1 saturated heterocycles. The van der Waals surface area contributed by atoms with Crippen LogP contribution in [0, 0.1) is 24.6 Å². The summed E-state index contributed by atoms with van der Waals surface area (Å²) >= 11 is 0. The lowest BCUT2D eigenvalue weighted by Gasteiger charge is -2.40. The summed E-state index contributed by atoms with van der Waals surface area (Å²) in [4.78, 5) is 21.2. The maximum atomic E-state index is 13.1. The Bertz CT molecular complexity index is 832. The van der Waals surface area contributed by atoms with Crippen molar-refractivity contribution in [2.45, 2.75) is 25.7 Å². The number of halogens is 1. The second-order valence-corrected chi connectivity index (χ2v) is 7.34. The fourth-order valence-corrected chi connectivity index (χ4v) is 4.47. The van der Waals surface area contributed by atoms with E-state index < -0.39 is 0 Å². The van der Waals surface area contributed by atoms with E-state index in [1.807, 2.05) is 19.1 Å². The highest BCUT2D eigenvalue weighted by atomic mass is 19.1. The molecule has 25 heavy (non-hydrogen) atoms. The lowest BCUT2D eigenvalue weighted by Crippen LogP contribution is -2.33. The molecular weight excluding hydrogens is 319 g/mol. The van der Waals surface area contributed by atoms with E-state index in [4.69, 9.17) is 5.73 Å². The molecule has 1 aromatic carbocycles. The van der Waals surface area contributed by atoms with Crippen LogP contribution in [0.2, 0.25) is 0 Å². The topological polar surface area (TPSA) is 75.0 Å². The van der Waals surface area contributed by atoms with E-state index in [1.54, 1.807) is 12.1 Å². The molecule has 2 aromatic rings. The Morgan fingerprint density at radius 2 is 2.08 bits per heavy atom. The summed E-state index contributed by atoms with van der Waals surface area (Å²) in [7, 11) is 0. The number of H-pyrrole nitrogens is 1. The number of anilines is 1. The van der Waals surface area contributed by atoms with E-state index in [0.29, 0.717) is 24.0 Å². The maximum Gasteiger partial charge on any atom is 0.255 e. The zero-order valence-electron chi connectivity index (χ0n) is 14.3. The number of aryl methyl sites for hydroxylation is 1. The molecule has 3 atom stereocenters. The standard InChI is InChI=1S/C19H23FN4O/c1-11-15(18(25)23-19(21)22-11)6-7-24-9-13-8-16(17(13)10-24)12-2-4-14(20)5-3-12/h2-5,13,16-17H,6-10H2,1H3,(H3,21,22,23,25). The SMILES string of the molecule is Cc1nc(N)[nH]c(=O)c1CCN1CC2CC(c3ccc(F)cc3)C2C1. The van der Waals surface area contributed by atoms with Gasteiger partial charge >= 0.3 is 0 Å². The van der Waals surface area contributed by atoms with Gasteiger partial charge in [-0.25, -0.2) is 9.37 Å². The summed E-state index contributed by atoms with van der Waals surface area (Å²) in [5.74, 6) is 1.91. The Morgan fingerprint density at radius 1 is 1.32 bits per heavy atom. The van der Waals surface area contributed by atoms with Gasteiger partial charge < -0.3 is 10.6 Å². The number of hydrogen-bond donors (Lipinski definition) is 2. The van der Waals surface area contributed by atoms with Crippen molar-refractivity contribution in [3.05, 3.63) is 57.3 Å². The third-order valence-corrected chi connectivity index (χ3v) is 5.86. The minimum absolute atomic E-state index is 0.128. The largest absolute Gasteiger partial charge is 0.369 e. The number of nitrogens with zero attached hydrogens (tertiary/aromatic N) is 2. The van der Waals surface area contributed by atoms with Gasteiger partial charge in [-0.15, -0.1) is 0 Å². The van der Waals surface area contributed by atoms with Crippen molar-refractivity contribution in [1.29, 1.82) is 0 Å². The average Bonchev–Trinajstić information content (AvgIpc) is 2.85. The van der Waals surface area contributed by atoms with Crippen LogP contribution in [0.3, 0.4) is 0 Å². The molecule has 1 aromatic heterocycles. The minimum atomic E-state index is -0.176. The molecule has 0 bridgehead atoms. The highest BCUT2D eigenvalue weighted by molar-refractivity contribution is 5.26. The smallest absolute Gasteiger partial charge is 0.255 e. The Balaban J connectivity index is 1.38. The van der Waals surface area contributed by atoms with E-state index in [-0.39, 0.29) is 17.3 Å².